The van der Waals surface area contributed by atoms with Gasteiger partial charge < -0.3 is 5.73 Å². The minimum absolute atomic E-state index is 0.00907. The first-order chi connectivity index (χ1) is 5.52. The van der Waals surface area contributed by atoms with E-state index in [1.165, 1.54) is 12.1 Å². The molecular weight excluding hydrogens is 200 g/mol. The fourth-order valence-electron chi connectivity index (χ4n) is 0.907. The third kappa shape index (κ3) is 1.89. The van der Waals surface area contributed by atoms with E-state index in [1.807, 2.05) is 0 Å². The Labute approximate surface area is 80.3 Å². The summed E-state index contributed by atoms with van der Waals surface area (Å²) in [6, 6.07) is 2.43. The second-order valence-electron chi connectivity index (χ2n) is 2.58. The maximum absolute atomic E-state index is 13.2. The average molecular weight is 208 g/mol. The number of rotatable bonds is 1. The van der Waals surface area contributed by atoms with Crippen LogP contribution in [0.25, 0.3) is 0 Å². The van der Waals surface area contributed by atoms with Crippen LogP contribution in [0.15, 0.2) is 12.1 Å². The fraction of sp³-hybridized carbons (Fsp3) is 0.250. The van der Waals surface area contributed by atoms with E-state index in [-0.39, 0.29) is 5.02 Å². The molecule has 0 radical (unpaired) electrons. The van der Waals surface area contributed by atoms with Gasteiger partial charge in [-0.2, -0.15) is 0 Å². The summed E-state index contributed by atoms with van der Waals surface area (Å²) in [7, 11) is 0. The zero-order chi connectivity index (χ0) is 9.30. The van der Waals surface area contributed by atoms with Crippen molar-refractivity contribution in [3.63, 3.8) is 0 Å². The molecule has 1 unspecified atom stereocenters. The Kier molecular flexibility index (Phi) is 2.94. The van der Waals surface area contributed by atoms with Gasteiger partial charge in [-0.15, -0.1) is 0 Å². The van der Waals surface area contributed by atoms with Gasteiger partial charge in [0.1, 0.15) is 5.82 Å². The highest BCUT2D eigenvalue weighted by molar-refractivity contribution is 6.34. The first-order valence-electron chi connectivity index (χ1n) is 3.42. The lowest BCUT2D eigenvalue weighted by Crippen LogP contribution is -2.07. The standard InChI is InChI=1S/C8H8Cl2FN/c1-4(12)6-2-5(9)3-7(10)8(6)11/h2-4H,12H2,1H3. The summed E-state index contributed by atoms with van der Waals surface area (Å²) in [6.07, 6.45) is 0. The summed E-state index contributed by atoms with van der Waals surface area (Å²) in [5, 5.41) is 0.406. The number of halogens is 3. The molecule has 0 saturated heterocycles. The first kappa shape index (κ1) is 9.78. The van der Waals surface area contributed by atoms with Crippen molar-refractivity contribution in [2.24, 2.45) is 5.73 Å². The minimum Gasteiger partial charge on any atom is -0.324 e. The molecule has 12 heavy (non-hydrogen) atoms. The molecule has 0 amide bonds. The zero-order valence-electron chi connectivity index (χ0n) is 6.44. The molecule has 0 aromatic heterocycles. The molecule has 0 spiro atoms. The van der Waals surface area contributed by atoms with Crippen LogP contribution in [0.2, 0.25) is 10.0 Å². The largest absolute Gasteiger partial charge is 0.324 e. The topological polar surface area (TPSA) is 26.0 Å². The van der Waals surface area contributed by atoms with E-state index < -0.39 is 11.9 Å². The van der Waals surface area contributed by atoms with Crippen molar-refractivity contribution in [1.82, 2.24) is 0 Å². The van der Waals surface area contributed by atoms with Crippen LogP contribution in [0.3, 0.4) is 0 Å². The summed E-state index contributed by atoms with van der Waals surface area (Å²) in [5.74, 6) is -0.490. The van der Waals surface area contributed by atoms with Gasteiger partial charge in [-0.25, -0.2) is 4.39 Å². The average Bonchev–Trinajstić information content (AvgIpc) is 1.96. The number of nitrogens with two attached hydrogens (primary N) is 1. The van der Waals surface area contributed by atoms with Gasteiger partial charge in [0, 0.05) is 16.6 Å². The van der Waals surface area contributed by atoms with E-state index in [9.17, 15) is 4.39 Å². The van der Waals surface area contributed by atoms with Gasteiger partial charge >= 0.3 is 0 Å². The lowest BCUT2D eigenvalue weighted by Gasteiger charge is -2.08. The SMILES string of the molecule is CC(N)c1cc(Cl)cc(Cl)c1F. The highest BCUT2D eigenvalue weighted by atomic mass is 35.5. The van der Waals surface area contributed by atoms with E-state index in [0.717, 1.165) is 0 Å². The van der Waals surface area contributed by atoms with Gasteiger partial charge in [0.15, 0.2) is 0 Å². The second-order valence-corrected chi connectivity index (χ2v) is 3.42. The van der Waals surface area contributed by atoms with Crippen LogP contribution in [0.1, 0.15) is 18.5 Å². The molecule has 0 fully saturated rings. The quantitative estimate of drug-likeness (QED) is 0.704. The van der Waals surface area contributed by atoms with E-state index in [0.29, 0.717) is 10.6 Å². The predicted octanol–water partition coefficient (Wildman–Crippen LogP) is 3.15. The summed E-state index contributed by atoms with van der Waals surface area (Å²) in [6.45, 7) is 1.67. The molecule has 1 nitrogen and oxygen atoms in total. The molecule has 0 saturated carbocycles. The van der Waals surface area contributed by atoms with E-state index in [1.54, 1.807) is 6.92 Å². The molecule has 0 aliphatic rings. The highest BCUT2D eigenvalue weighted by Crippen LogP contribution is 2.26. The van der Waals surface area contributed by atoms with E-state index >= 15 is 0 Å². The molecule has 0 bridgehead atoms. The molecule has 4 heteroatoms. The molecule has 1 aromatic carbocycles. The van der Waals surface area contributed by atoms with Gasteiger partial charge in [-0.3, -0.25) is 0 Å². The molecule has 0 aliphatic carbocycles. The maximum atomic E-state index is 13.2. The Hall–Kier alpha value is -0.310. The molecule has 0 aliphatic heterocycles. The Bertz CT molecular complexity index is 299. The lowest BCUT2D eigenvalue weighted by molar-refractivity contribution is 0.594. The van der Waals surface area contributed by atoms with Gasteiger partial charge in [0.05, 0.1) is 5.02 Å². The third-order valence-corrected chi connectivity index (χ3v) is 2.00. The summed E-state index contributed by atoms with van der Waals surface area (Å²) >= 11 is 11.2. The fourth-order valence-corrected chi connectivity index (χ4v) is 1.42. The first-order valence-corrected chi connectivity index (χ1v) is 4.18. The van der Waals surface area contributed by atoms with Crippen molar-refractivity contribution in [1.29, 1.82) is 0 Å². The van der Waals surface area contributed by atoms with Crippen molar-refractivity contribution < 1.29 is 4.39 Å². The molecule has 0 heterocycles. The number of benzene rings is 1. The van der Waals surface area contributed by atoms with Crippen LogP contribution in [-0.4, -0.2) is 0 Å². The van der Waals surface area contributed by atoms with Crippen molar-refractivity contribution >= 4 is 23.2 Å². The van der Waals surface area contributed by atoms with Crippen LogP contribution >= 0.6 is 23.2 Å². The number of hydrogen-bond donors (Lipinski definition) is 1. The predicted molar refractivity (Wildman–Crippen MR) is 49.0 cm³/mol. The van der Waals surface area contributed by atoms with Crippen molar-refractivity contribution in [2.75, 3.05) is 0 Å². The third-order valence-electron chi connectivity index (χ3n) is 1.51. The Morgan fingerprint density at radius 1 is 1.42 bits per heavy atom. The molecular formula is C8H8Cl2FN. The Morgan fingerprint density at radius 3 is 2.50 bits per heavy atom. The maximum Gasteiger partial charge on any atom is 0.146 e. The molecule has 2 N–H and O–H groups in total. The molecule has 66 valence electrons. The van der Waals surface area contributed by atoms with Gasteiger partial charge in [-0.1, -0.05) is 23.2 Å². The second kappa shape index (κ2) is 3.60. The van der Waals surface area contributed by atoms with Crippen LogP contribution in [0, 0.1) is 5.82 Å². The van der Waals surface area contributed by atoms with Crippen molar-refractivity contribution in [3.8, 4) is 0 Å². The zero-order valence-corrected chi connectivity index (χ0v) is 7.96. The van der Waals surface area contributed by atoms with Crippen LogP contribution < -0.4 is 5.73 Å². The van der Waals surface area contributed by atoms with E-state index in [4.69, 9.17) is 28.9 Å². The molecule has 1 rings (SSSR count). The van der Waals surface area contributed by atoms with E-state index in [2.05, 4.69) is 0 Å². The monoisotopic (exact) mass is 207 g/mol. The molecule has 1 atom stereocenters. The van der Waals surface area contributed by atoms with Gasteiger partial charge in [-0.05, 0) is 19.1 Å². The van der Waals surface area contributed by atoms with Crippen LogP contribution in [0.5, 0.6) is 0 Å². The van der Waals surface area contributed by atoms with Crippen molar-refractivity contribution in [3.05, 3.63) is 33.6 Å². The summed E-state index contributed by atoms with van der Waals surface area (Å²) in [5.41, 5.74) is 5.84. The Morgan fingerprint density at radius 2 is 2.00 bits per heavy atom. The van der Waals surface area contributed by atoms with Gasteiger partial charge in [0.25, 0.3) is 0 Å². The Balaban J connectivity index is 3.28. The highest BCUT2D eigenvalue weighted by Gasteiger charge is 2.11. The molecule has 1 aromatic rings. The minimum atomic E-state index is -0.490. The van der Waals surface area contributed by atoms with Crippen LogP contribution in [0.4, 0.5) is 4.39 Å². The van der Waals surface area contributed by atoms with Gasteiger partial charge in [0.2, 0.25) is 0 Å². The summed E-state index contributed by atoms with van der Waals surface area (Å²) < 4.78 is 13.2. The smallest absolute Gasteiger partial charge is 0.146 e. The van der Waals surface area contributed by atoms with Crippen LogP contribution in [-0.2, 0) is 0 Å². The lowest BCUT2D eigenvalue weighted by atomic mass is 10.1. The normalized spacial score (nSPS) is 13.1. The summed E-state index contributed by atoms with van der Waals surface area (Å²) in [4.78, 5) is 0. The van der Waals surface area contributed by atoms with Crippen molar-refractivity contribution in [2.45, 2.75) is 13.0 Å². The number of hydrogen-bond acceptors (Lipinski definition) is 1.